The zero-order valence-electron chi connectivity index (χ0n) is 16.2. The number of hydrogen-bond acceptors (Lipinski definition) is 4. The molecule has 3 aromatic rings. The highest BCUT2D eigenvalue weighted by molar-refractivity contribution is 7.90. The first-order valence-corrected chi connectivity index (χ1v) is 10.5. The number of amides is 1. The average molecular weight is 413 g/mol. The summed E-state index contributed by atoms with van der Waals surface area (Å²) in [5, 5.41) is 9.94. The van der Waals surface area contributed by atoms with E-state index in [2.05, 4.69) is 10.0 Å². The van der Waals surface area contributed by atoms with Crippen LogP contribution < -0.4 is 19.9 Å². The summed E-state index contributed by atoms with van der Waals surface area (Å²) in [7, 11) is -2.21. The van der Waals surface area contributed by atoms with E-state index in [0.29, 0.717) is 5.69 Å². The molecule has 0 fully saturated rings. The van der Waals surface area contributed by atoms with Crippen molar-refractivity contribution in [3.8, 4) is 5.75 Å². The summed E-state index contributed by atoms with van der Waals surface area (Å²) >= 11 is 0. The quantitative estimate of drug-likeness (QED) is 0.553. The maximum absolute atomic E-state index is 12.6. The molecule has 1 atom stereocenters. The lowest BCUT2D eigenvalue weighted by Crippen LogP contribution is -2.27. The van der Waals surface area contributed by atoms with Crippen LogP contribution in [0.3, 0.4) is 0 Å². The molecule has 0 spiro atoms. The monoisotopic (exact) mass is 413 g/mol. The van der Waals surface area contributed by atoms with Gasteiger partial charge in [0.2, 0.25) is 5.91 Å². The van der Waals surface area contributed by atoms with Crippen LogP contribution in [-0.4, -0.2) is 21.4 Å². The number of anilines is 1. The van der Waals surface area contributed by atoms with E-state index in [1.807, 2.05) is 43.3 Å². The predicted molar refractivity (Wildman–Crippen MR) is 114 cm³/mol. The Hall–Kier alpha value is -3.10. The van der Waals surface area contributed by atoms with E-state index in [0.717, 1.165) is 27.6 Å². The topological polar surface area (TPSA) is 111 Å². The molecule has 0 saturated heterocycles. The van der Waals surface area contributed by atoms with Crippen molar-refractivity contribution in [2.75, 3.05) is 11.8 Å². The van der Waals surface area contributed by atoms with E-state index in [1.54, 1.807) is 31.4 Å². The van der Waals surface area contributed by atoms with Gasteiger partial charge in [0, 0.05) is 6.54 Å². The summed E-state index contributed by atoms with van der Waals surface area (Å²) in [4.78, 5) is 12.6. The molecule has 7 nitrogen and oxygen atoms in total. The molecule has 1 amide bonds. The van der Waals surface area contributed by atoms with Crippen LogP contribution in [0.15, 0.2) is 60.7 Å². The van der Waals surface area contributed by atoms with Crippen LogP contribution >= 0.6 is 0 Å². The third-order valence-electron chi connectivity index (χ3n) is 4.62. The summed E-state index contributed by atoms with van der Waals surface area (Å²) in [6.45, 7) is 2.12. The first kappa shape index (κ1) is 20.6. The molecule has 29 heavy (non-hydrogen) atoms. The van der Waals surface area contributed by atoms with Crippen LogP contribution in [0, 0.1) is 0 Å². The maximum atomic E-state index is 12.6. The molecule has 0 heterocycles. The Bertz CT molecular complexity index is 1150. The van der Waals surface area contributed by atoms with Crippen LogP contribution in [0.2, 0.25) is 0 Å². The van der Waals surface area contributed by atoms with E-state index in [9.17, 15) is 13.2 Å². The normalized spacial score (nSPS) is 12.4. The Labute approximate surface area is 170 Å². The minimum Gasteiger partial charge on any atom is -0.497 e. The summed E-state index contributed by atoms with van der Waals surface area (Å²) in [5.74, 6) is 0.324. The van der Waals surface area contributed by atoms with Gasteiger partial charge in [0.25, 0.3) is 10.2 Å². The van der Waals surface area contributed by atoms with E-state index >= 15 is 0 Å². The van der Waals surface area contributed by atoms with Gasteiger partial charge in [-0.25, -0.2) is 5.14 Å². The van der Waals surface area contributed by atoms with Gasteiger partial charge in [0.05, 0.1) is 18.7 Å². The second kappa shape index (κ2) is 8.50. The fourth-order valence-corrected chi connectivity index (χ4v) is 3.50. The van der Waals surface area contributed by atoms with E-state index in [1.165, 1.54) is 0 Å². The summed E-state index contributed by atoms with van der Waals surface area (Å²) in [5.41, 5.74) is 2.01. The van der Waals surface area contributed by atoms with E-state index < -0.39 is 10.2 Å². The fourth-order valence-electron chi connectivity index (χ4n) is 3.04. The Balaban J connectivity index is 1.68. The Morgan fingerprint density at radius 1 is 1.07 bits per heavy atom. The summed E-state index contributed by atoms with van der Waals surface area (Å²) in [6, 6.07) is 18.4. The van der Waals surface area contributed by atoms with Crippen molar-refractivity contribution < 1.29 is 17.9 Å². The number of rotatable bonds is 7. The maximum Gasteiger partial charge on any atom is 0.296 e. The van der Waals surface area contributed by atoms with Crippen molar-refractivity contribution >= 4 is 32.6 Å². The summed E-state index contributed by atoms with van der Waals surface area (Å²) < 4.78 is 29.7. The minimum absolute atomic E-state index is 0.123. The molecule has 0 aliphatic rings. The largest absolute Gasteiger partial charge is 0.497 e. The van der Waals surface area contributed by atoms with Crippen molar-refractivity contribution in [3.05, 3.63) is 71.8 Å². The molecule has 0 aliphatic carbocycles. The number of methoxy groups -OCH3 is 1. The molecule has 0 radical (unpaired) electrons. The minimum atomic E-state index is -3.84. The highest BCUT2D eigenvalue weighted by Crippen LogP contribution is 2.25. The molecular weight excluding hydrogens is 390 g/mol. The van der Waals surface area contributed by atoms with Crippen molar-refractivity contribution in [2.45, 2.75) is 19.4 Å². The zero-order chi connectivity index (χ0) is 21.0. The number of fused-ring (bicyclic) bond motifs is 1. The number of nitrogens with two attached hydrogens (primary N) is 1. The molecule has 0 aromatic heterocycles. The van der Waals surface area contributed by atoms with Gasteiger partial charge in [-0.2, -0.15) is 8.42 Å². The first-order valence-electron chi connectivity index (χ1n) is 9.00. The van der Waals surface area contributed by atoms with Crippen LogP contribution in [0.25, 0.3) is 10.8 Å². The van der Waals surface area contributed by atoms with Gasteiger partial charge >= 0.3 is 0 Å². The standard InChI is InChI=1S/C21H23N3O4S/c1-14(16-6-7-18-12-20(28-2)9-8-17(18)11-16)21(25)23-13-15-4-3-5-19(10-15)24-29(22,26)27/h3-12,14,24H,13H2,1-2H3,(H,23,25)(H2,22,26,27)/t14-/m0/s1. The van der Waals surface area contributed by atoms with Gasteiger partial charge < -0.3 is 10.1 Å². The fraction of sp³-hybridized carbons (Fsp3) is 0.190. The lowest BCUT2D eigenvalue weighted by molar-refractivity contribution is -0.122. The number of nitrogens with one attached hydrogen (secondary N) is 2. The molecule has 8 heteroatoms. The summed E-state index contributed by atoms with van der Waals surface area (Å²) in [6.07, 6.45) is 0. The molecule has 4 N–H and O–H groups in total. The third-order valence-corrected chi connectivity index (χ3v) is 5.14. The van der Waals surface area contributed by atoms with E-state index in [4.69, 9.17) is 9.88 Å². The molecule has 0 bridgehead atoms. The molecule has 152 valence electrons. The molecule has 0 aliphatic heterocycles. The Kier molecular flexibility index (Phi) is 6.05. The van der Waals surface area contributed by atoms with Crippen molar-refractivity contribution in [1.29, 1.82) is 0 Å². The number of hydrogen-bond donors (Lipinski definition) is 3. The smallest absolute Gasteiger partial charge is 0.296 e. The van der Waals surface area contributed by atoms with Gasteiger partial charge in [0.15, 0.2) is 0 Å². The first-order chi connectivity index (χ1) is 13.7. The predicted octanol–water partition coefficient (Wildman–Crippen LogP) is 2.88. The van der Waals surface area contributed by atoms with Gasteiger partial charge in [-0.3, -0.25) is 9.52 Å². The molecule has 3 rings (SSSR count). The van der Waals surface area contributed by atoms with Crippen LogP contribution in [0.5, 0.6) is 5.75 Å². The second-order valence-electron chi connectivity index (χ2n) is 6.76. The molecule has 3 aromatic carbocycles. The number of carbonyl (C=O) groups excluding carboxylic acids is 1. The third kappa shape index (κ3) is 5.46. The second-order valence-corrected chi connectivity index (χ2v) is 8.05. The van der Waals surface area contributed by atoms with Crippen molar-refractivity contribution in [1.82, 2.24) is 5.32 Å². The SMILES string of the molecule is COc1ccc2cc([C@H](C)C(=O)NCc3cccc(NS(N)(=O)=O)c3)ccc2c1. The molecule has 0 saturated carbocycles. The van der Waals surface area contributed by atoms with Gasteiger partial charge in [-0.05, 0) is 53.1 Å². The number of carbonyl (C=O) groups is 1. The van der Waals surface area contributed by atoms with Gasteiger partial charge in [0.1, 0.15) is 5.75 Å². The van der Waals surface area contributed by atoms with Crippen LogP contribution in [0.1, 0.15) is 24.0 Å². The van der Waals surface area contributed by atoms with Gasteiger partial charge in [-0.15, -0.1) is 0 Å². The van der Waals surface area contributed by atoms with E-state index in [-0.39, 0.29) is 18.4 Å². The van der Waals surface area contributed by atoms with Crippen LogP contribution in [-0.2, 0) is 21.5 Å². The highest BCUT2D eigenvalue weighted by atomic mass is 32.2. The average Bonchev–Trinajstić information content (AvgIpc) is 2.69. The number of benzene rings is 3. The van der Waals surface area contributed by atoms with Gasteiger partial charge in [-0.1, -0.05) is 36.4 Å². The lowest BCUT2D eigenvalue weighted by atomic mass is 9.97. The molecule has 0 unspecified atom stereocenters. The molecular formula is C21H23N3O4S. The number of ether oxygens (including phenoxy) is 1. The van der Waals surface area contributed by atoms with Crippen LogP contribution in [0.4, 0.5) is 5.69 Å². The Morgan fingerprint density at radius 3 is 2.52 bits per heavy atom. The van der Waals surface area contributed by atoms with Crippen molar-refractivity contribution in [3.63, 3.8) is 0 Å². The van der Waals surface area contributed by atoms with Crippen molar-refractivity contribution in [2.24, 2.45) is 5.14 Å². The zero-order valence-corrected chi connectivity index (χ0v) is 17.0. The lowest BCUT2D eigenvalue weighted by Gasteiger charge is -2.14. The highest BCUT2D eigenvalue weighted by Gasteiger charge is 2.15. The Morgan fingerprint density at radius 2 is 1.79 bits per heavy atom.